The molecule has 1 aliphatic carbocycles. The summed E-state index contributed by atoms with van der Waals surface area (Å²) >= 11 is 0. The fraction of sp³-hybridized carbons (Fsp3) is 0.872. The van der Waals surface area contributed by atoms with E-state index in [1.54, 1.807) is 14.2 Å². The normalized spacial score (nSPS) is 12.4. The number of carbonyl (C=O) groups is 1. The number of ketones is 1. The van der Waals surface area contributed by atoms with Gasteiger partial charge in [0.15, 0.2) is 0 Å². The van der Waals surface area contributed by atoms with Crippen molar-refractivity contribution >= 4 is 19.3 Å². The van der Waals surface area contributed by atoms with E-state index in [1.807, 2.05) is 39.8 Å². The van der Waals surface area contributed by atoms with Crippen LogP contribution in [0, 0.1) is 23.7 Å². The molecule has 42 heavy (non-hydrogen) atoms. The molecule has 1 aliphatic rings. The van der Waals surface area contributed by atoms with Crippen molar-refractivity contribution < 1.29 is 9.53 Å². The van der Waals surface area contributed by atoms with E-state index < -0.39 is 0 Å². The molecule has 0 heterocycles. The van der Waals surface area contributed by atoms with E-state index >= 15 is 0 Å². The second kappa shape index (κ2) is 115. The highest BCUT2D eigenvalue weighted by atomic mass is 32.1. The molecule has 0 bridgehead atoms. The van der Waals surface area contributed by atoms with Gasteiger partial charge in [-0.25, -0.2) is 0 Å². The summed E-state index contributed by atoms with van der Waals surface area (Å²) in [5.41, 5.74) is 0. The zero-order chi connectivity index (χ0) is 35.3. The lowest BCUT2D eigenvalue weighted by molar-refractivity contribution is -0.115. The van der Waals surface area contributed by atoms with Gasteiger partial charge in [-0.05, 0) is 53.4 Å². The number of allylic oxidation sites excluding steroid dienone is 2. The lowest BCUT2D eigenvalue weighted by Crippen LogP contribution is -2.08. The molecule has 3 heteroatoms. The summed E-state index contributed by atoms with van der Waals surface area (Å²) in [5, 5.41) is 0. The predicted molar refractivity (Wildman–Crippen MR) is 212 cm³/mol. The van der Waals surface area contributed by atoms with Crippen LogP contribution in [0.15, 0.2) is 12.2 Å². The smallest absolute Gasteiger partial charge is 0.126 e. The number of rotatable bonds is 0. The number of Topliss-reactive ketones (excluding diaryl/α,β-unsaturated/α-hetero) is 1. The van der Waals surface area contributed by atoms with Crippen molar-refractivity contribution in [3.05, 3.63) is 12.2 Å². The molecule has 0 radical (unpaired) electrons. The first-order valence-corrected chi connectivity index (χ1v) is 17.0. The first-order valence-electron chi connectivity index (χ1n) is 17.0. The fourth-order valence-corrected chi connectivity index (χ4v) is 1.43. The summed E-state index contributed by atoms with van der Waals surface area (Å²) in [5.74, 6) is 7.57. The Hall–Kier alpha value is -0.720. The average molecular weight is 625 g/mol. The Morgan fingerprint density at radius 1 is 0.571 bits per heavy atom. The second-order valence-corrected chi connectivity index (χ2v) is 10.1. The SMILES string of the molecule is CC#CC.CC(C)=O.CC1CCC(C)CC1.CC=CC.CCC.CCC.CCC.CCC.CCC.CCC.COC.S. The van der Waals surface area contributed by atoms with Crippen LogP contribution in [0.1, 0.15) is 203 Å². The molecule has 0 aromatic rings. The predicted octanol–water partition coefficient (Wildman–Crippen LogP) is 14.9. The molecule has 0 spiro atoms. The topological polar surface area (TPSA) is 26.3 Å². The third kappa shape index (κ3) is 452. The molecule has 1 fully saturated rings. The summed E-state index contributed by atoms with van der Waals surface area (Å²) < 4.78 is 4.25. The minimum Gasteiger partial charge on any atom is -0.388 e. The highest BCUT2D eigenvalue weighted by Crippen LogP contribution is 2.27. The van der Waals surface area contributed by atoms with E-state index in [1.165, 1.54) is 78.1 Å². The molecule has 0 aromatic heterocycles. The molecule has 0 saturated heterocycles. The van der Waals surface area contributed by atoms with Gasteiger partial charge >= 0.3 is 0 Å². The Morgan fingerprint density at radius 3 is 0.714 bits per heavy atom. The van der Waals surface area contributed by atoms with Gasteiger partial charge in [-0.2, -0.15) is 13.5 Å². The van der Waals surface area contributed by atoms with Gasteiger partial charge in [0.1, 0.15) is 5.78 Å². The zero-order valence-corrected chi connectivity index (χ0v) is 35.2. The molecule has 1 saturated carbocycles. The van der Waals surface area contributed by atoms with Gasteiger partial charge in [-0.3, -0.25) is 0 Å². The number of methoxy groups -OCH3 is 1. The van der Waals surface area contributed by atoms with Gasteiger partial charge in [0.2, 0.25) is 0 Å². The van der Waals surface area contributed by atoms with Crippen molar-refractivity contribution in [2.45, 2.75) is 203 Å². The summed E-state index contributed by atoms with van der Waals surface area (Å²) in [6.07, 6.45) is 17.4. The summed E-state index contributed by atoms with van der Waals surface area (Å²) in [6, 6.07) is 0. The van der Waals surface area contributed by atoms with Crippen molar-refractivity contribution in [1.82, 2.24) is 0 Å². The lowest BCUT2D eigenvalue weighted by Gasteiger charge is -2.22. The molecule has 1 rings (SSSR count). The van der Waals surface area contributed by atoms with Crippen LogP contribution in [0.4, 0.5) is 0 Å². The Balaban J connectivity index is -0.0000000286. The number of ether oxygens (including phenoxy) is 1. The van der Waals surface area contributed by atoms with Crippen LogP contribution in [0.2, 0.25) is 0 Å². The molecule has 0 unspecified atom stereocenters. The molecule has 0 atom stereocenters. The van der Waals surface area contributed by atoms with Gasteiger partial charge < -0.3 is 9.53 Å². The molecule has 0 amide bonds. The van der Waals surface area contributed by atoms with Gasteiger partial charge in [-0.15, -0.1) is 11.8 Å². The summed E-state index contributed by atoms with van der Waals surface area (Å²) in [7, 11) is 3.25. The van der Waals surface area contributed by atoms with E-state index in [0.717, 1.165) is 11.8 Å². The van der Waals surface area contributed by atoms with Gasteiger partial charge in [-0.1, -0.05) is 173 Å². The maximum Gasteiger partial charge on any atom is 0.126 e. The van der Waals surface area contributed by atoms with Gasteiger partial charge in [0, 0.05) is 14.2 Å². The molecule has 2 nitrogen and oxygen atoms in total. The first-order chi connectivity index (χ1) is 19.2. The third-order valence-corrected chi connectivity index (χ3v) is 2.89. The van der Waals surface area contributed by atoms with Crippen LogP contribution in [0.3, 0.4) is 0 Å². The van der Waals surface area contributed by atoms with Crippen molar-refractivity contribution in [2.24, 2.45) is 11.8 Å². The molecular weight excluding hydrogens is 532 g/mol. The van der Waals surface area contributed by atoms with E-state index in [4.69, 9.17) is 0 Å². The van der Waals surface area contributed by atoms with E-state index in [0.29, 0.717) is 0 Å². The minimum absolute atomic E-state index is 0. The Labute approximate surface area is 280 Å². The van der Waals surface area contributed by atoms with E-state index in [-0.39, 0.29) is 19.3 Å². The van der Waals surface area contributed by atoms with Crippen LogP contribution in [-0.4, -0.2) is 20.0 Å². The van der Waals surface area contributed by atoms with Gasteiger partial charge in [0.25, 0.3) is 0 Å². The van der Waals surface area contributed by atoms with Gasteiger partial charge in [0.05, 0.1) is 0 Å². The Bertz CT molecular complexity index is 330. The third-order valence-electron chi connectivity index (χ3n) is 2.89. The Morgan fingerprint density at radius 2 is 0.667 bits per heavy atom. The van der Waals surface area contributed by atoms with Crippen molar-refractivity contribution in [1.29, 1.82) is 0 Å². The monoisotopic (exact) mass is 625 g/mol. The zero-order valence-electron chi connectivity index (χ0n) is 34.2. The lowest BCUT2D eigenvalue weighted by atomic mass is 9.84. The van der Waals surface area contributed by atoms with Crippen LogP contribution in [0.5, 0.6) is 0 Å². The maximum absolute atomic E-state index is 9.44. The highest BCUT2D eigenvalue weighted by molar-refractivity contribution is 7.59. The number of hydrogen-bond donors (Lipinski definition) is 0. The molecular formula is C39H92O2S. The number of hydrogen-bond acceptors (Lipinski definition) is 2. The van der Waals surface area contributed by atoms with Crippen molar-refractivity contribution in [2.75, 3.05) is 14.2 Å². The minimum atomic E-state index is 0. The Kier molecular flexibility index (Phi) is 199. The van der Waals surface area contributed by atoms with Crippen LogP contribution < -0.4 is 0 Å². The quantitative estimate of drug-likeness (QED) is 0.198. The molecule has 0 aliphatic heterocycles. The van der Waals surface area contributed by atoms with Crippen molar-refractivity contribution in [3.8, 4) is 11.8 Å². The average Bonchev–Trinajstić information content (AvgIpc) is 2.89. The van der Waals surface area contributed by atoms with E-state index in [2.05, 4.69) is 114 Å². The summed E-state index contributed by atoms with van der Waals surface area (Å²) in [4.78, 5) is 9.44. The number of carbonyl (C=O) groups excluding carboxylic acids is 1. The van der Waals surface area contributed by atoms with Crippen molar-refractivity contribution in [3.63, 3.8) is 0 Å². The fourth-order valence-electron chi connectivity index (χ4n) is 1.43. The van der Waals surface area contributed by atoms with Crippen LogP contribution in [-0.2, 0) is 9.53 Å². The molecule has 0 aromatic carbocycles. The molecule has 0 N–H and O–H groups in total. The second-order valence-electron chi connectivity index (χ2n) is 10.1. The highest BCUT2D eigenvalue weighted by Gasteiger charge is 2.13. The van der Waals surface area contributed by atoms with E-state index in [9.17, 15) is 4.79 Å². The van der Waals surface area contributed by atoms with Crippen LogP contribution in [0.25, 0.3) is 0 Å². The van der Waals surface area contributed by atoms with Crippen LogP contribution >= 0.6 is 13.5 Å². The molecule has 266 valence electrons. The standard InChI is InChI=1S/C8H16.C4H8.C4H6.C3H6O.6C3H8.C2H6O.H2S/c1-7-3-5-8(2)6-4-7;2*1-3-4-2;1-3(2)4;7*1-3-2;/h7-8H,3-6H2,1-2H3;3-4H,1-2H3;2*1-2H3;6*3H2,1-2H3;1-2H3;1H2. The summed E-state index contributed by atoms with van der Waals surface area (Å²) in [6.45, 7) is 40.9. The first kappa shape index (κ1) is 73.0. The largest absolute Gasteiger partial charge is 0.388 e. The maximum atomic E-state index is 9.44.